The lowest BCUT2D eigenvalue weighted by Crippen LogP contribution is -2.49. The molecule has 0 amide bonds. The Labute approximate surface area is 173 Å². The molecule has 0 bridgehead atoms. The van der Waals surface area contributed by atoms with Gasteiger partial charge in [-0.05, 0) is 58.2 Å². The van der Waals surface area contributed by atoms with E-state index in [1.807, 2.05) is 0 Å². The average Bonchev–Trinajstić information content (AvgIpc) is 2.73. The van der Waals surface area contributed by atoms with E-state index in [1.165, 1.54) is 45.2 Å². The van der Waals surface area contributed by atoms with Gasteiger partial charge in [0.25, 0.3) is 0 Å². The van der Waals surface area contributed by atoms with Crippen molar-refractivity contribution in [2.75, 3.05) is 66.1 Å². The highest BCUT2D eigenvalue weighted by atomic mass is 16.5. The summed E-state index contributed by atoms with van der Waals surface area (Å²) in [4.78, 5) is 10.1. The molecule has 0 aliphatic carbocycles. The van der Waals surface area contributed by atoms with Gasteiger partial charge in [-0.25, -0.2) is 0 Å². The van der Waals surface area contributed by atoms with Gasteiger partial charge in [-0.3, -0.25) is 9.89 Å². The number of hydrogen-bond donors (Lipinski definition) is 2. The van der Waals surface area contributed by atoms with Crippen LogP contribution in [0.1, 0.15) is 52.9 Å². The maximum absolute atomic E-state index is 5.57. The summed E-state index contributed by atoms with van der Waals surface area (Å²) in [6.07, 6.45) is 6.35. The number of likely N-dealkylation sites (tertiary alicyclic amines) is 1. The highest BCUT2D eigenvalue weighted by Gasteiger charge is 2.26. The quantitative estimate of drug-likeness (QED) is 0.439. The van der Waals surface area contributed by atoms with Gasteiger partial charge in [-0.15, -0.1) is 0 Å². The largest absolute Gasteiger partial charge is 0.379 e. The monoisotopic (exact) mass is 395 g/mol. The second-order valence-corrected chi connectivity index (χ2v) is 8.47. The minimum Gasteiger partial charge on any atom is -0.379 e. The van der Waals surface area contributed by atoms with Crippen LogP contribution in [0.5, 0.6) is 0 Å². The molecule has 0 spiro atoms. The zero-order valence-electron chi connectivity index (χ0n) is 18.9. The fraction of sp³-hybridized carbons (Fsp3) is 0.955. The minimum absolute atomic E-state index is 0.517. The Morgan fingerprint density at radius 3 is 2.32 bits per heavy atom. The maximum Gasteiger partial charge on any atom is 0.191 e. The van der Waals surface area contributed by atoms with Gasteiger partial charge < -0.3 is 20.3 Å². The van der Waals surface area contributed by atoms with Gasteiger partial charge >= 0.3 is 0 Å². The number of hydrogen-bond acceptors (Lipinski definition) is 4. The predicted octanol–water partition coefficient (Wildman–Crippen LogP) is 2.41. The first-order valence-electron chi connectivity index (χ1n) is 11.7. The summed E-state index contributed by atoms with van der Waals surface area (Å²) in [5.41, 5.74) is 0. The van der Waals surface area contributed by atoms with E-state index in [9.17, 15) is 0 Å². The number of nitrogens with one attached hydrogen (secondary N) is 2. The number of aliphatic imine (C=N–C) groups is 1. The first-order chi connectivity index (χ1) is 13.7. The number of rotatable bonds is 10. The van der Waals surface area contributed by atoms with Crippen LogP contribution in [-0.4, -0.2) is 87.9 Å². The van der Waals surface area contributed by atoms with Crippen molar-refractivity contribution >= 4 is 5.96 Å². The van der Waals surface area contributed by atoms with Crippen molar-refractivity contribution < 1.29 is 4.74 Å². The van der Waals surface area contributed by atoms with Crippen molar-refractivity contribution in [3.05, 3.63) is 0 Å². The van der Waals surface area contributed by atoms with Crippen molar-refractivity contribution in [1.29, 1.82) is 0 Å². The Morgan fingerprint density at radius 2 is 1.71 bits per heavy atom. The van der Waals surface area contributed by atoms with Gasteiger partial charge in [0.05, 0.1) is 19.8 Å². The number of ether oxygens (including phenoxy) is 1. The molecule has 0 aromatic heterocycles. The molecule has 2 heterocycles. The third-order valence-electron chi connectivity index (χ3n) is 6.57. The molecule has 1 unspecified atom stereocenters. The van der Waals surface area contributed by atoms with Gasteiger partial charge in [0.15, 0.2) is 5.96 Å². The van der Waals surface area contributed by atoms with Crippen LogP contribution in [-0.2, 0) is 4.74 Å². The number of morpholine rings is 1. The lowest BCUT2D eigenvalue weighted by atomic mass is 9.92. The highest BCUT2D eigenvalue weighted by Crippen LogP contribution is 2.21. The first-order valence-corrected chi connectivity index (χ1v) is 11.7. The Morgan fingerprint density at radius 1 is 1.04 bits per heavy atom. The van der Waals surface area contributed by atoms with E-state index < -0.39 is 0 Å². The SMILES string of the molecule is CCNC(=NCC(C(CC)CC)N1CCOCC1)NCCC1CCN(C)CC1. The smallest absolute Gasteiger partial charge is 0.191 e. The summed E-state index contributed by atoms with van der Waals surface area (Å²) in [5, 5.41) is 7.04. The maximum atomic E-state index is 5.57. The Bertz CT molecular complexity index is 427. The molecule has 2 fully saturated rings. The molecule has 28 heavy (non-hydrogen) atoms. The molecule has 6 nitrogen and oxygen atoms in total. The zero-order chi connectivity index (χ0) is 20.2. The van der Waals surface area contributed by atoms with Gasteiger partial charge in [0, 0.05) is 32.2 Å². The fourth-order valence-electron chi connectivity index (χ4n) is 4.58. The molecule has 6 heteroatoms. The molecule has 0 radical (unpaired) electrons. The zero-order valence-corrected chi connectivity index (χ0v) is 18.9. The second kappa shape index (κ2) is 13.4. The molecule has 0 saturated carbocycles. The van der Waals surface area contributed by atoms with Crippen molar-refractivity contribution in [3.63, 3.8) is 0 Å². The van der Waals surface area contributed by atoms with E-state index >= 15 is 0 Å². The number of guanidine groups is 1. The molecule has 0 aromatic rings. The van der Waals surface area contributed by atoms with Gasteiger partial charge in [-0.2, -0.15) is 0 Å². The topological polar surface area (TPSA) is 52.1 Å². The van der Waals surface area contributed by atoms with E-state index in [0.29, 0.717) is 12.0 Å². The molecule has 2 N–H and O–H groups in total. The Balaban J connectivity index is 1.87. The van der Waals surface area contributed by atoms with Crippen molar-refractivity contribution in [3.8, 4) is 0 Å². The molecular weight excluding hydrogens is 350 g/mol. The van der Waals surface area contributed by atoms with Crippen molar-refractivity contribution in [1.82, 2.24) is 20.4 Å². The summed E-state index contributed by atoms with van der Waals surface area (Å²) in [6, 6.07) is 0.517. The Kier molecular flexibility index (Phi) is 11.2. The molecular formula is C22H45N5O. The summed E-state index contributed by atoms with van der Waals surface area (Å²) in [6.45, 7) is 15.9. The van der Waals surface area contributed by atoms with Crippen LogP contribution in [0.15, 0.2) is 4.99 Å². The van der Waals surface area contributed by atoms with Gasteiger partial charge in [0.1, 0.15) is 0 Å². The van der Waals surface area contributed by atoms with E-state index in [0.717, 1.165) is 57.8 Å². The predicted molar refractivity (Wildman–Crippen MR) is 119 cm³/mol. The first kappa shape index (κ1) is 23.4. The fourth-order valence-corrected chi connectivity index (χ4v) is 4.58. The molecule has 2 aliphatic heterocycles. The van der Waals surface area contributed by atoms with Crippen LogP contribution in [0.3, 0.4) is 0 Å². The van der Waals surface area contributed by atoms with E-state index in [4.69, 9.17) is 9.73 Å². The molecule has 2 saturated heterocycles. The summed E-state index contributed by atoms with van der Waals surface area (Å²) in [7, 11) is 2.23. The Hall–Kier alpha value is -0.850. The summed E-state index contributed by atoms with van der Waals surface area (Å²) < 4.78 is 5.57. The van der Waals surface area contributed by atoms with E-state index in [2.05, 4.69) is 48.3 Å². The minimum atomic E-state index is 0.517. The summed E-state index contributed by atoms with van der Waals surface area (Å²) >= 11 is 0. The molecule has 1 atom stereocenters. The summed E-state index contributed by atoms with van der Waals surface area (Å²) in [5.74, 6) is 2.54. The van der Waals surface area contributed by atoms with Crippen LogP contribution in [0, 0.1) is 11.8 Å². The number of nitrogens with zero attached hydrogens (tertiary/aromatic N) is 3. The van der Waals surface area contributed by atoms with Gasteiger partial charge in [-0.1, -0.05) is 26.7 Å². The van der Waals surface area contributed by atoms with E-state index in [-0.39, 0.29) is 0 Å². The molecule has 2 aliphatic rings. The lowest BCUT2D eigenvalue weighted by molar-refractivity contribution is 0.00395. The van der Waals surface area contributed by atoms with E-state index in [1.54, 1.807) is 0 Å². The van der Waals surface area contributed by atoms with Crippen molar-refractivity contribution in [2.24, 2.45) is 16.8 Å². The van der Waals surface area contributed by atoms with Crippen LogP contribution in [0.2, 0.25) is 0 Å². The number of piperidine rings is 1. The van der Waals surface area contributed by atoms with Crippen LogP contribution in [0.4, 0.5) is 0 Å². The lowest BCUT2D eigenvalue weighted by Gasteiger charge is -2.38. The standard InChI is InChI=1S/C22H45N5O/c1-5-20(6-2)21(27-14-16-28-17-15-27)18-25-22(23-7-3)24-11-8-19-9-12-26(4)13-10-19/h19-21H,5-18H2,1-4H3,(H2,23,24,25). The highest BCUT2D eigenvalue weighted by molar-refractivity contribution is 5.79. The van der Waals surface area contributed by atoms with Crippen LogP contribution < -0.4 is 10.6 Å². The average molecular weight is 396 g/mol. The molecule has 0 aromatic carbocycles. The second-order valence-electron chi connectivity index (χ2n) is 8.47. The third kappa shape index (κ3) is 7.88. The molecule has 2 rings (SSSR count). The van der Waals surface area contributed by atoms with Crippen LogP contribution >= 0.6 is 0 Å². The molecule has 164 valence electrons. The van der Waals surface area contributed by atoms with Gasteiger partial charge in [0.2, 0.25) is 0 Å². The normalized spacial score (nSPS) is 21.8. The van der Waals surface area contributed by atoms with Crippen LogP contribution in [0.25, 0.3) is 0 Å². The van der Waals surface area contributed by atoms with Crippen molar-refractivity contribution in [2.45, 2.75) is 58.9 Å². The third-order valence-corrected chi connectivity index (χ3v) is 6.57.